The van der Waals surface area contributed by atoms with Crippen LogP contribution in [0, 0.1) is 0 Å². The van der Waals surface area contributed by atoms with Crippen LogP contribution in [0.5, 0.6) is 0 Å². The second kappa shape index (κ2) is 4.71. The molecule has 0 unspecified atom stereocenters. The molecule has 0 fully saturated rings. The summed E-state index contributed by atoms with van der Waals surface area (Å²) < 4.78 is 0. The molecule has 0 aliphatic heterocycles. The SMILES string of the molecule is O[C@H](Cc1cccnc1)c1ccccc1. The van der Waals surface area contributed by atoms with Crippen molar-refractivity contribution in [3.05, 3.63) is 66.0 Å². The predicted molar refractivity (Wildman–Crippen MR) is 59.3 cm³/mol. The number of hydrogen-bond acceptors (Lipinski definition) is 2. The molecule has 1 aromatic carbocycles. The van der Waals surface area contributed by atoms with Gasteiger partial charge in [-0.3, -0.25) is 4.98 Å². The molecule has 2 rings (SSSR count). The van der Waals surface area contributed by atoms with Gasteiger partial charge in [-0.05, 0) is 17.2 Å². The molecule has 0 saturated heterocycles. The van der Waals surface area contributed by atoms with E-state index in [0.717, 1.165) is 11.1 Å². The highest BCUT2D eigenvalue weighted by atomic mass is 16.3. The largest absolute Gasteiger partial charge is 0.388 e. The molecule has 2 heteroatoms. The fourth-order valence-corrected chi connectivity index (χ4v) is 1.54. The first-order valence-electron chi connectivity index (χ1n) is 4.98. The molecule has 0 aliphatic carbocycles. The molecule has 2 aromatic rings. The smallest absolute Gasteiger partial charge is 0.0830 e. The Morgan fingerprint density at radius 3 is 2.53 bits per heavy atom. The Morgan fingerprint density at radius 2 is 1.87 bits per heavy atom. The molecule has 76 valence electrons. The van der Waals surface area contributed by atoms with E-state index in [9.17, 15) is 5.11 Å². The van der Waals surface area contributed by atoms with Gasteiger partial charge in [-0.15, -0.1) is 0 Å². The Labute approximate surface area is 89.2 Å². The van der Waals surface area contributed by atoms with Gasteiger partial charge in [0.2, 0.25) is 0 Å². The lowest BCUT2D eigenvalue weighted by molar-refractivity contribution is 0.178. The molecule has 0 amide bonds. The normalized spacial score (nSPS) is 12.3. The van der Waals surface area contributed by atoms with Crippen LogP contribution in [0.25, 0.3) is 0 Å². The molecule has 0 radical (unpaired) electrons. The maximum atomic E-state index is 9.95. The first kappa shape index (κ1) is 9.87. The minimum absolute atomic E-state index is 0.449. The van der Waals surface area contributed by atoms with Crippen molar-refractivity contribution in [3.63, 3.8) is 0 Å². The van der Waals surface area contributed by atoms with Crippen molar-refractivity contribution in [2.24, 2.45) is 0 Å². The summed E-state index contributed by atoms with van der Waals surface area (Å²) in [6.07, 6.45) is 3.68. The van der Waals surface area contributed by atoms with Gasteiger partial charge < -0.3 is 5.11 Å². The van der Waals surface area contributed by atoms with E-state index in [1.165, 1.54) is 0 Å². The zero-order valence-electron chi connectivity index (χ0n) is 8.38. The average Bonchev–Trinajstić information content (AvgIpc) is 2.31. The van der Waals surface area contributed by atoms with E-state index in [1.807, 2.05) is 42.5 Å². The Hall–Kier alpha value is -1.67. The van der Waals surface area contributed by atoms with Crippen LogP contribution in [0.1, 0.15) is 17.2 Å². The highest BCUT2D eigenvalue weighted by molar-refractivity contribution is 5.20. The number of pyridine rings is 1. The van der Waals surface area contributed by atoms with Crippen LogP contribution >= 0.6 is 0 Å². The minimum Gasteiger partial charge on any atom is -0.388 e. The molecule has 1 N–H and O–H groups in total. The fourth-order valence-electron chi connectivity index (χ4n) is 1.54. The third kappa shape index (κ3) is 2.64. The molecular formula is C13H13NO. The number of aliphatic hydroxyl groups is 1. The van der Waals surface area contributed by atoms with E-state index < -0.39 is 6.10 Å². The highest BCUT2D eigenvalue weighted by Gasteiger charge is 2.07. The Balaban J connectivity index is 2.08. The van der Waals surface area contributed by atoms with Crippen molar-refractivity contribution in [3.8, 4) is 0 Å². The summed E-state index contributed by atoms with van der Waals surface area (Å²) in [4.78, 5) is 4.02. The quantitative estimate of drug-likeness (QED) is 0.823. The van der Waals surface area contributed by atoms with Gasteiger partial charge in [0, 0.05) is 18.8 Å². The van der Waals surface area contributed by atoms with Crippen molar-refractivity contribution in [2.45, 2.75) is 12.5 Å². The van der Waals surface area contributed by atoms with Crippen LogP contribution in [0.2, 0.25) is 0 Å². The van der Waals surface area contributed by atoms with Crippen molar-refractivity contribution in [1.29, 1.82) is 0 Å². The van der Waals surface area contributed by atoms with Gasteiger partial charge in [0.1, 0.15) is 0 Å². The van der Waals surface area contributed by atoms with Gasteiger partial charge in [0.05, 0.1) is 6.10 Å². The topological polar surface area (TPSA) is 33.1 Å². The van der Waals surface area contributed by atoms with Gasteiger partial charge in [0.25, 0.3) is 0 Å². The number of aliphatic hydroxyl groups excluding tert-OH is 1. The van der Waals surface area contributed by atoms with Gasteiger partial charge in [0.15, 0.2) is 0 Å². The average molecular weight is 199 g/mol. The standard InChI is InChI=1S/C13H13NO/c15-13(12-6-2-1-3-7-12)9-11-5-4-8-14-10-11/h1-8,10,13,15H,9H2/t13-/m1/s1. The van der Waals surface area contributed by atoms with Crippen LogP contribution in [0.4, 0.5) is 0 Å². The molecule has 0 bridgehead atoms. The second-order valence-corrected chi connectivity index (χ2v) is 3.49. The molecule has 0 spiro atoms. The maximum Gasteiger partial charge on any atom is 0.0830 e. The van der Waals surface area contributed by atoms with Crippen molar-refractivity contribution in [2.75, 3.05) is 0 Å². The van der Waals surface area contributed by atoms with E-state index in [2.05, 4.69) is 4.98 Å². The summed E-state index contributed by atoms with van der Waals surface area (Å²) in [5.74, 6) is 0. The zero-order chi connectivity index (χ0) is 10.5. The summed E-state index contributed by atoms with van der Waals surface area (Å²) in [6.45, 7) is 0. The molecule has 1 heterocycles. The van der Waals surface area contributed by atoms with Crippen molar-refractivity contribution >= 4 is 0 Å². The van der Waals surface area contributed by atoms with Gasteiger partial charge >= 0.3 is 0 Å². The predicted octanol–water partition coefficient (Wildman–Crippen LogP) is 2.36. The molecule has 1 atom stereocenters. The Morgan fingerprint density at radius 1 is 1.07 bits per heavy atom. The Kier molecular flexibility index (Phi) is 3.10. The van der Waals surface area contributed by atoms with Crippen LogP contribution in [0.3, 0.4) is 0 Å². The van der Waals surface area contributed by atoms with E-state index in [-0.39, 0.29) is 0 Å². The molecule has 0 saturated carbocycles. The van der Waals surface area contributed by atoms with Crippen LogP contribution in [0.15, 0.2) is 54.9 Å². The molecule has 0 aliphatic rings. The van der Waals surface area contributed by atoms with E-state index in [0.29, 0.717) is 6.42 Å². The summed E-state index contributed by atoms with van der Waals surface area (Å²) in [5, 5.41) is 9.95. The number of nitrogens with zero attached hydrogens (tertiary/aromatic N) is 1. The maximum absolute atomic E-state index is 9.95. The Bertz CT molecular complexity index is 399. The first-order chi connectivity index (χ1) is 7.36. The van der Waals surface area contributed by atoms with E-state index in [1.54, 1.807) is 12.4 Å². The molecule has 1 aromatic heterocycles. The van der Waals surface area contributed by atoms with E-state index >= 15 is 0 Å². The highest BCUT2D eigenvalue weighted by Crippen LogP contribution is 2.16. The number of rotatable bonds is 3. The molecule has 15 heavy (non-hydrogen) atoms. The van der Waals surface area contributed by atoms with Crippen LogP contribution in [-0.4, -0.2) is 10.1 Å². The van der Waals surface area contributed by atoms with Crippen molar-refractivity contribution < 1.29 is 5.11 Å². The summed E-state index contributed by atoms with van der Waals surface area (Å²) in [5.41, 5.74) is 2.00. The second-order valence-electron chi connectivity index (χ2n) is 3.49. The molecular weight excluding hydrogens is 186 g/mol. The molecule has 2 nitrogen and oxygen atoms in total. The van der Waals surface area contributed by atoms with Crippen LogP contribution in [-0.2, 0) is 6.42 Å². The summed E-state index contributed by atoms with van der Waals surface area (Å²) in [7, 11) is 0. The lowest BCUT2D eigenvalue weighted by Gasteiger charge is -2.10. The van der Waals surface area contributed by atoms with Crippen molar-refractivity contribution in [1.82, 2.24) is 4.98 Å². The fraction of sp³-hybridized carbons (Fsp3) is 0.154. The third-order valence-electron chi connectivity index (χ3n) is 2.34. The monoisotopic (exact) mass is 199 g/mol. The summed E-state index contributed by atoms with van der Waals surface area (Å²) >= 11 is 0. The van der Waals surface area contributed by atoms with E-state index in [4.69, 9.17) is 0 Å². The lowest BCUT2D eigenvalue weighted by Crippen LogP contribution is -2.01. The zero-order valence-corrected chi connectivity index (χ0v) is 8.38. The van der Waals surface area contributed by atoms with Gasteiger partial charge in [-0.25, -0.2) is 0 Å². The number of benzene rings is 1. The number of aromatic nitrogens is 1. The number of hydrogen-bond donors (Lipinski definition) is 1. The van der Waals surface area contributed by atoms with Gasteiger partial charge in [-0.2, -0.15) is 0 Å². The lowest BCUT2D eigenvalue weighted by atomic mass is 10.0. The first-order valence-corrected chi connectivity index (χ1v) is 4.98. The third-order valence-corrected chi connectivity index (χ3v) is 2.34. The minimum atomic E-state index is -0.449. The summed E-state index contributed by atoms with van der Waals surface area (Å²) in [6, 6.07) is 13.5. The van der Waals surface area contributed by atoms with Gasteiger partial charge in [-0.1, -0.05) is 36.4 Å². The van der Waals surface area contributed by atoms with Crippen LogP contribution < -0.4 is 0 Å².